The Bertz CT molecular complexity index is 1020. The van der Waals surface area contributed by atoms with Gasteiger partial charge in [-0.05, 0) is 36.3 Å². The van der Waals surface area contributed by atoms with Crippen LogP contribution in [0.1, 0.15) is 47.9 Å². The van der Waals surface area contributed by atoms with Crippen LogP contribution in [-0.4, -0.2) is 48.3 Å². The van der Waals surface area contributed by atoms with Crippen LogP contribution in [0.4, 0.5) is 0 Å². The van der Waals surface area contributed by atoms with Gasteiger partial charge < -0.3 is 23.4 Å². The highest BCUT2D eigenvalue weighted by Gasteiger charge is 2.39. The van der Waals surface area contributed by atoms with Crippen molar-refractivity contribution < 1.29 is 33.0 Å². The van der Waals surface area contributed by atoms with E-state index in [9.17, 15) is 9.59 Å². The third-order valence-electron chi connectivity index (χ3n) is 5.97. The Morgan fingerprint density at radius 1 is 0.758 bits per heavy atom. The maximum absolute atomic E-state index is 13.2. The number of hydrogen-bond donors (Lipinski definition) is 0. The molecule has 0 unspecified atom stereocenters. The molecule has 0 aliphatic carbocycles. The summed E-state index contributed by atoms with van der Waals surface area (Å²) in [6.45, 7) is 10.6. The Kier molecular flexibility index (Phi) is 8.19. The van der Waals surface area contributed by atoms with Crippen molar-refractivity contribution >= 4 is 19.9 Å². The number of Topliss-reactive ketones (excluding diaryl/α,β-unsaturated/α-hetero) is 2. The summed E-state index contributed by atoms with van der Waals surface area (Å²) in [5.41, 5.74) is 0.547. The van der Waals surface area contributed by atoms with E-state index in [-0.39, 0.29) is 34.3 Å². The second-order valence-corrected chi connectivity index (χ2v) is 13.8. The number of ether oxygens (including phenoxy) is 4. The van der Waals surface area contributed by atoms with Crippen molar-refractivity contribution in [3.8, 4) is 28.7 Å². The summed E-state index contributed by atoms with van der Waals surface area (Å²) in [5.74, 6) is 0.720. The van der Waals surface area contributed by atoms with Gasteiger partial charge in [0.15, 0.2) is 23.1 Å². The molecule has 0 atom stereocenters. The molecule has 0 radical (unpaired) electrons. The Morgan fingerprint density at radius 3 is 1.82 bits per heavy atom. The fraction of sp³-hybridized carbons (Fsp3) is 0.440. The van der Waals surface area contributed by atoms with Gasteiger partial charge in [-0.25, -0.2) is 0 Å². The van der Waals surface area contributed by atoms with Gasteiger partial charge in [-0.2, -0.15) is 0 Å². The topological polar surface area (TPSA) is 80.3 Å². The highest BCUT2D eigenvalue weighted by Crippen LogP contribution is 2.47. The molecule has 0 amide bonds. The summed E-state index contributed by atoms with van der Waals surface area (Å²) in [5, 5.41) is -0.0391. The fourth-order valence-corrected chi connectivity index (χ4v) is 4.12. The highest BCUT2D eigenvalue weighted by atomic mass is 28.4. The van der Waals surface area contributed by atoms with E-state index in [0.29, 0.717) is 22.8 Å². The molecule has 0 saturated heterocycles. The summed E-state index contributed by atoms with van der Waals surface area (Å²) in [6, 6.07) is 8.54. The maximum atomic E-state index is 13.2. The van der Waals surface area contributed by atoms with Gasteiger partial charge in [0, 0.05) is 0 Å². The molecule has 180 valence electrons. The Hall–Kier alpha value is -3.00. The highest BCUT2D eigenvalue weighted by molar-refractivity contribution is 6.74. The van der Waals surface area contributed by atoms with Crippen molar-refractivity contribution in [3.05, 3.63) is 41.5 Å². The first-order valence-corrected chi connectivity index (χ1v) is 13.5. The standard InChI is InChI=1S/C25H34O7Si/c1-25(2,3)33(8,9)32-20-13-11-10-12-16(20)18(26)15-19(27)17-14-21(28-4)23(30-6)24(31-7)22(17)29-5/h10-14H,15H2,1-9H3. The van der Waals surface area contributed by atoms with E-state index in [0.717, 1.165) is 0 Å². The average Bonchev–Trinajstić information content (AvgIpc) is 2.76. The lowest BCUT2D eigenvalue weighted by Gasteiger charge is -2.36. The smallest absolute Gasteiger partial charge is 0.250 e. The molecule has 0 saturated carbocycles. The molecule has 0 aromatic heterocycles. The molecule has 0 bridgehead atoms. The first-order chi connectivity index (χ1) is 15.4. The predicted octanol–water partition coefficient (Wildman–Crippen LogP) is 5.56. The van der Waals surface area contributed by atoms with Crippen molar-refractivity contribution in [2.45, 2.75) is 45.3 Å². The summed E-state index contributed by atoms with van der Waals surface area (Å²) in [6.07, 6.45) is -0.368. The van der Waals surface area contributed by atoms with Gasteiger partial charge in [0.25, 0.3) is 8.32 Å². The molecule has 33 heavy (non-hydrogen) atoms. The number of benzene rings is 2. The van der Waals surface area contributed by atoms with Crippen LogP contribution in [0.25, 0.3) is 0 Å². The van der Waals surface area contributed by atoms with Crippen molar-refractivity contribution in [2.24, 2.45) is 0 Å². The molecule has 0 aliphatic rings. The van der Waals surface area contributed by atoms with Gasteiger partial charge in [0.1, 0.15) is 5.75 Å². The fourth-order valence-electron chi connectivity index (χ4n) is 3.09. The number of hydrogen-bond acceptors (Lipinski definition) is 7. The largest absolute Gasteiger partial charge is 0.543 e. The number of para-hydroxylation sites is 1. The first kappa shape index (κ1) is 26.3. The normalized spacial score (nSPS) is 11.5. The summed E-state index contributed by atoms with van der Waals surface area (Å²) < 4.78 is 27.9. The molecular weight excluding hydrogens is 440 g/mol. The zero-order valence-electron chi connectivity index (χ0n) is 21.0. The lowest BCUT2D eigenvalue weighted by atomic mass is 9.99. The van der Waals surface area contributed by atoms with Crippen LogP contribution >= 0.6 is 0 Å². The average molecular weight is 475 g/mol. The van der Waals surface area contributed by atoms with Crippen LogP contribution in [-0.2, 0) is 0 Å². The summed E-state index contributed by atoms with van der Waals surface area (Å²) in [4.78, 5) is 26.4. The molecule has 0 spiro atoms. The van der Waals surface area contributed by atoms with Gasteiger partial charge in [0.05, 0.1) is 46.0 Å². The van der Waals surface area contributed by atoms with Crippen LogP contribution in [0.3, 0.4) is 0 Å². The second-order valence-electron chi connectivity index (χ2n) is 9.11. The van der Waals surface area contributed by atoms with E-state index >= 15 is 0 Å². The van der Waals surface area contributed by atoms with Crippen LogP contribution in [0.2, 0.25) is 18.1 Å². The van der Waals surface area contributed by atoms with E-state index in [1.165, 1.54) is 34.5 Å². The quantitative estimate of drug-likeness (QED) is 0.253. The molecule has 0 aliphatic heterocycles. The molecular formula is C25H34O7Si. The molecule has 2 aromatic carbocycles. The Labute approximate surface area is 197 Å². The van der Waals surface area contributed by atoms with Crippen LogP contribution in [0.5, 0.6) is 28.7 Å². The summed E-state index contributed by atoms with van der Waals surface area (Å²) >= 11 is 0. The summed E-state index contributed by atoms with van der Waals surface area (Å²) in [7, 11) is 3.60. The molecule has 0 N–H and O–H groups in total. The SMILES string of the molecule is COc1cc(C(=O)CC(=O)c2ccccc2O[Si](C)(C)C(C)(C)C)c(OC)c(OC)c1OC. The van der Waals surface area contributed by atoms with Gasteiger partial charge in [0.2, 0.25) is 11.5 Å². The number of methoxy groups -OCH3 is 4. The lowest BCUT2D eigenvalue weighted by Crippen LogP contribution is -2.44. The minimum absolute atomic E-state index is 0.0391. The van der Waals surface area contributed by atoms with Crippen molar-refractivity contribution in [3.63, 3.8) is 0 Å². The van der Waals surface area contributed by atoms with Crippen LogP contribution < -0.4 is 23.4 Å². The van der Waals surface area contributed by atoms with Gasteiger partial charge in [-0.3, -0.25) is 9.59 Å². The van der Waals surface area contributed by atoms with E-state index in [1.807, 2.05) is 6.07 Å². The van der Waals surface area contributed by atoms with Gasteiger partial charge in [-0.15, -0.1) is 0 Å². The number of carbonyl (C=O) groups excluding carboxylic acids is 2. The van der Waals surface area contributed by atoms with Gasteiger partial charge in [-0.1, -0.05) is 32.9 Å². The van der Waals surface area contributed by atoms with E-state index < -0.39 is 14.1 Å². The molecule has 0 fully saturated rings. The van der Waals surface area contributed by atoms with Crippen molar-refractivity contribution in [1.82, 2.24) is 0 Å². The molecule has 8 heteroatoms. The lowest BCUT2D eigenvalue weighted by molar-refractivity contribution is 0.0891. The van der Waals surface area contributed by atoms with Crippen LogP contribution in [0.15, 0.2) is 30.3 Å². The Morgan fingerprint density at radius 2 is 1.30 bits per heavy atom. The van der Waals surface area contributed by atoms with E-state index in [4.69, 9.17) is 23.4 Å². The number of carbonyl (C=O) groups is 2. The molecule has 2 aromatic rings. The maximum Gasteiger partial charge on any atom is 0.250 e. The van der Waals surface area contributed by atoms with Crippen LogP contribution in [0, 0.1) is 0 Å². The predicted molar refractivity (Wildman–Crippen MR) is 130 cm³/mol. The third kappa shape index (κ3) is 5.50. The Balaban J connectivity index is 2.43. The van der Waals surface area contributed by atoms with Crippen molar-refractivity contribution in [1.29, 1.82) is 0 Å². The van der Waals surface area contributed by atoms with Crippen molar-refractivity contribution in [2.75, 3.05) is 28.4 Å². The zero-order valence-corrected chi connectivity index (χ0v) is 22.0. The number of rotatable bonds is 10. The zero-order chi connectivity index (χ0) is 25.0. The van der Waals surface area contributed by atoms with E-state index in [2.05, 4.69) is 33.9 Å². The van der Waals surface area contributed by atoms with E-state index in [1.54, 1.807) is 18.2 Å². The molecule has 0 heterocycles. The second kappa shape index (κ2) is 10.3. The van der Waals surface area contributed by atoms with Gasteiger partial charge >= 0.3 is 0 Å². The monoisotopic (exact) mass is 474 g/mol. The first-order valence-electron chi connectivity index (χ1n) is 10.6. The third-order valence-corrected chi connectivity index (χ3v) is 10.3. The minimum atomic E-state index is -2.18. The number of ketones is 2. The molecule has 7 nitrogen and oxygen atoms in total. The molecule has 2 rings (SSSR count). The minimum Gasteiger partial charge on any atom is -0.543 e.